The molecular weight excluding hydrogens is 296 g/mol. The number of ether oxygens (including phenoxy) is 1. The van der Waals surface area contributed by atoms with E-state index in [9.17, 15) is 0 Å². The van der Waals surface area contributed by atoms with Crippen molar-refractivity contribution in [3.63, 3.8) is 0 Å². The lowest BCUT2D eigenvalue weighted by molar-refractivity contribution is 0.411. The van der Waals surface area contributed by atoms with E-state index in [-0.39, 0.29) is 0 Å². The number of para-hydroxylation sites is 1. The average Bonchev–Trinajstić information content (AvgIpc) is 2.37. The summed E-state index contributed by atoms with van der Waals surface area (Å²) in [7, 11) is 1.71. The monoisotopic (exact) mass is 308 g/mol. The van der Waals surface area contributed by atoms with Gasteiger partial charge in [0.25, 0.3) is 0 Å². The first-order chi connectivity index (χ1) is 8.29. The maximum atomic E-state index is 5.33. The van der Waals surface area contributed by atoms with Gasteiger partial charge in [-0.05, 0) is 24.3 Å². The predicted molar refractivity (Wildman–Crippen MR) is 76.7 cm³/mol. The van der Waals surface area contributed by atoms with Gasteiger partial charge in [-0.15, -0.1) is 11.8 Å². The fraction of sp³-hybridized carbons (Fsp3) is 0.143. The van der Waals surface area contributed by atoms with Gasteiger partial charge in [-0.3, -0.25) is 0 Å². The Bertz CT molecular complexity index is 499. The first kappa shape index (κ1) is 12.5. The fourth-order valence-corrected chi connectivity index (χ4v) is 3.04. The van der Waals surface area contributed by atoms with Crippen molar-refractivity contribution in [2.24, 2.45) is 0 Å². The number of hydrogen-bond donors (Lipinski definition) is 0. The lowest BCUT2D eigenvalue weighted by Crippen LogP contribution is -1.89. The van der Waals surface area contributed by atoms with Gasteiger partial charge in [0.1, 0.15) is 5.75 Å². The molecule has 0 radical (unpaired) electrons. The molecule has 0 aliphatic carbocycles. The van der Waals surface area contributed by atoms with Crippen molar-refractivity contribution >= 4 is 27.7 Å². The SMILES string of the molecule is COc1ccccc1CSc1cccc(Br)c1. The highest BCUT2D eigenvalue weighted by molar-refractivity contribution is 9.10. The van der Waals surface area contributed by atoms with E-state index in [2.05, 4.69) is 40.2 Å². The van der Waals surface area contributed by atoms with E-state index in [0.29, 0.717) is 0 Å². The lowest BCUT2D eigenvalue weighted by Gasteiger charge is -2.07. The lowest BCUT2D eigenvalue weighted by atomic mass is 10.2. The molecule has 3 heteroatoms. The van der Waals surface area contributed by atoms with Crippen LogP contribution in [0.15, 0.2) is 57.9 Å². The van der Waals surface area contributed by atoms with E-state index in [1.54, 1.807) is 7.11 Å². The first-order valence-corrected chi connectivity index (χ1v) is 7.08. The molecular formula is C14H13BrOS. The molecule has 0 bridgehead atoms. The molecule has 0 saturated carbocycles. The van der Waals surface area contributed by atoms with Crippen LogP contribution in [0.3, 0.4) is 0 Å². The topological polar surface area (TPSA) is 9.23 Å². The molecule has 0 fully saturated rings. The predicted octanol–water partition coefficient (Wildman–Crippen LogP) is 4.75. The van der Waals surface area contributed by atoms with Gasteiger partial charge in [0.2, 0.25) is 0 Å². The van der Waals surface area contributed by atoms with E-state index in [1.165, 1.54) is 10.5 Å². The molecule has 88 valence electrons. The summed E-state index contributed by atoms with van der Waals surface area (Å²) in [6.45, 7) is 0. The molecule has 2 aromatic rings. The maximum absolute atomic E-state index is 5.33. The molecule has 0 aromatic heterocycles. The van der Waals surface area contributed by atoms with Crippen LogP contribution in [-0.4, -0.2) is 7.11 Å². The van der Waals surface area contributed by atoms with Crippen molar-refractivity contribution in [1.82, 2.24) is 0 Å². The summed E-state index contributed by atoms with van der Waals surface area (Å²) in [4.78, 5) is 1.25. The van der Waals surface area contributed by atoms with Crippen LogP contribution in [-0.2, 0) is 5.75 Å². The highest BCUT2D eigenvalue weighted by Crippen LogP contribution is 2.29. The van der Waals surface area contributed by atoms with E-state index < -0.39 is 0 Å². The zero-order chi connectivity index (χ0) is 12.1. The van der Waals surface area contributed by atoms with Gasteiger partial charge in [-0.2, -0.15) is 0 Å². The number of rotatable bonds is 4. The number of thioether (sulfide) groups is 1. The first-order valence-electron chi connectivity index (χ1n) is 5.30. The molecule has 0 saturated heterocycles. The Morgan fingerprint density at radius 1 is 1.12 bits per heavy atom. The minimum Gasteiger partial charge on any atom is -0.496 e. The number of benzene rings is 2. The third kappa shape index (κ3) is 3.51. The minimum atomic E-state index is 0.917. The molecule has 0 unspecified atom stereocenters. The van der Waals surface area contributed by atoms with E-state index in [1.807, 2.05) is 36.0 Å². The Hall–Kier alpha value is -0.930. The van der Waals surface area contributed by atoms with Crippen molar-refractivity contribution in [3.05, 3.63) is 58.6 Å². The van der Waals surface area contributed by atoms with Gasteiger partial charge in [-0.25, -0.2) is 0 Å². The van der Waals surface area contributed by atoms with Gasteiger partial charge in [0.15, 0.2) is 0 Å². The smallest absolute Gasteiger partial charge is 0.122 e. The summed E-state index contributed by atoms with van der Waals surface area (Å²) in [5.41, 5.74) is 1.22. The van der Waals surface area contributed by atoms with Crippen molar-refractivity contribution in [1.29, 1.82) is 0 Å². The molecule has 0 atom stereocenters. The molecule has 0 amide bonds. The number of halogens is 1. The normalized spacial score (nSPS) is 10.2. The van der Waals surface area contributed by atoms with Crippen LogP contribution in [0.1, 0.15) is 5.56 Å². The second kappa shape index (κ2) is 6.12. The molecule has 2 aromatic carbocycles. The Morgan fingerprint density at radius 3 is 2.71 bits per heavy atom. The van der Waals surface area contributed by atoms with Crippen LogP contribution in [0.4, 0.5) is 0 Å². The van der Waals surface area contributed by atoms with Crippen LogP contribution in [0, 0.1) is 0 Å². The molecule has 17 heavy (non-hydrogen) atoms. The summed E-state index contributed by atoms with van der Waals surface area (Å²) in [6.07, 6.45) is 0. The molecule has 0 aliphatic rings. The maximum Gasteiger partial charge on any atom is 0.122 e. The minimum absolute atomic E-state index is 0.917. The van der Waals surface area contributed by atoms with Crippen LogP contribution >= 0.6 is 27.7 Å². The third-order valence-electron chi connectivity index (χ3n) is 2.38. The molecule has 0 aliphatic heterocycles. The highest BCUT2D eigenvalue weighted by Gasteiger charge is 2.02. The largest absolute Gasteiger partial charge is 0.496 e. The Labute approximate surface area is 114 Å². The standard InChI is InChI=1S/C14H13BrOS/c1-16-14-8-3-2-5-11(14)10-17-13-7-4-6-12(15)9-13/h2-9H,10H2,1H3. The van der Waals surface area contributed by atoms with Gasteiger partial charge in [0.05, 0.1) is 7.11 Å². The average molecular weight is 309 g/mol. The van der Waals surface area contributed by atoms with Gasteiger partial charge >= 0.3 is 0 Å². The molecule has 0 spiro atoms. The molecule has 1 nitrogen and oxygen atoms in total. The van der Waals surface area contributed by atoms with Crippen molar-refractivity contribution in [2.45, 2.75) is 10.6 Å². The van der Waals surface area contributed by atoms with Gasteiger partial charge in [-0.1, -0.05) is 40.2 Å². The highest BCUT2D eigenvalue weighted by atomic mass is 79.9. The van der Waals surface area contributed by atoms with Gasteiger partial charge < -0.3 is 4.74 Å². The molecule has 2 rings (SSSR count). The van der Waals surface area contributed by atoms with Gasteiger partial charge in [0, 0.05) is 20.7 Å². The second-order valence-corrected chi connectivity index (χ2v) is 5.52. The Kier molecular flexibility index (Phi) is 4.51. The molecule has 0 N–H and O–H groups in total. The van der Waals surface area contributed by atoms with E-state index >= 15 is 0 Å². The Morgan fingerprint density at radius 2 is 1.94 bits per heavy atom. The third-order valence-corrected chi connectivity index (χ3v) is 3.92. The van der Waals surface area contributed by atoms with Crippen LogP contribution in [0.5, 0.6) is 5.75 Å². The summed E-state index contributed by atoms with van der Waals surface area (Å²) < 4.78 is 6.45. The van der Waals surface area contributed by atoms with E-state index in [0.717, 1.165) is 16.0 Å². The van der Waals surface area contributed by atoms with Crippen molar-refractivity contribution in [2.75, 3.05) is 7.11 Å². The number of methoxy groups -OCH3 is 1. The number of hydrogen-bond acceptors (Lipinski definition) is 2. The zero-order valence-corrected chi connectivity index (χ0v) is 11.9. The summed E-state index contributed by atoms with van der Waals surface area (Å²) in [5.74, 6) is 1.87. The quantitative estimate of drug-likeness (QED) is 0.754. The van der Waals surface area contributed by atoms with E-state index in [4.69, 9.17) is 4.74 Å². The van der Waals surface area contributed by atoms with Crippen molar-refractivity contribution in [3.8, 4) is 5.75 Å². The summed E-state index contributed by atoms with van der Waals surface area (Å²) in [6, 6.07) is 16.5. The van der Waals surface area contributed by atoms with Crippen LogP contribution in [0.25, 0.3) is 0 Å². The Balaban J connectivity index is 2.07. The summed E-state index contributed by atoms with van der Waals surface area (Å²) in [5, 5.41) is 0. The molecule has 0 heterocycles. The van der Waals surface area contributed by atoms with Crippen LogP contribution < -0.4 is 4.74 Å². The second-order valence-electron chi connectivity index (χ2n) is 3.56. The zero-order valence-electron chi connectivity index (χ0n) is 9.52. The van der Waals surface area contributed by atoms with Crippen molar-refractivity contribution < 1.29 is 4.74 Å². The van der Waals surface area contributed by atoms with Crippen LogP contribution in [0.2, 0.25) is 0 Å². The fourth-order valence-electron chi connectivity index (χ4n) is 1.54. The summed E-state index contributed by atoms with van der Waals surface area (Å²) >= 11 is 5.29.